The number of carbonyl (C=O) groups is 1. The minimum atomic E-state index is -0.863. The number of para-hydroxylation sites is 1. The lowest BCUT2D eigenvalue weighted by Crippen LogP contribution is -2.41. The van der Waals surface area contributed by atoms with Crippen molar-refractivity contribution in [2.75, 3.05) is 6.54 Å². The first-order valence-corrected chi connectivity index (χ1v) is 7.69. The molecule has 1 aliphatic heterocycles. The van der Waals surface area contributed by atoms with Crippen molar-refractivity contribution in [3.8, 4) is 0 Å². The molecule has 3 rings (SSSR count). The fourth-order valence-electron chi connectivity index (χ4n) is 2.64. The van der Waals surface area contributed by atoms with Crippen LogP contribution in [0.15, 0.2) is 22.7 Å². The SMILES string of the molecule is CC1(c2nc3c(Br)cccc3s2)CCCN1C(=O)O. The molecule has 1 amide bonds. The Morgan fingerprint density at radius 2 is 2.37 bits per heavy atom. The van der Waals surface area contributed by atoms with Crippen LogP contribution in [-0.4, -0.2) is 27.6 Å². The van der Waals surface area contributed by atoms with Gasteiger partial charge < -0.3 is 5.11 Å². The first kappa shape index (κ1) is 12.9. The van der Waals surface area contributed by atoms with Crippen LogP contribution in [0, 0.1) is 0 Å². The van der Waals surface area contributed by atoms with Gasteiger partial charge in [-0.25, -0.2) is 9.78 Å². The smallest absolute Gasteiger partial charge is 0.408 e. The number of aromatic nitrogens is 1. The summed E-state index contributed by atoms with van der Waals surface area (Å²) in [7, 11) is 0. The van der Waals surface area contributed by atoms with E-state index >= 15 is 0 Å². The minimum absolute atomic E-state index is 0.491. The predicted molar refractivity (Wildman–Crippen MR) is 78.6 cm³/mol. The highest BCUT2D eigenvalue weighted by molar-refractivity contribution is 9.10. The van der Waals surface area contributed by atoms with Crippen molar-refractivity contribution < 1.29 is 9.90 Å². The first-order chi connectivity index (χ1) is 9.02. The zero-order chi connectivity index (χ0) is 13.6. The number of fused-ring (bicyclic) bond motifs is 1. The summed E-state index contributed by atoms with van der Waals surface area (Å²) in [6, 6.07) is 5.95. The van der Waals surface area contributed by atoms with Crippen molar-refractivity contribution in [2.24, 2.45) is 0 Å². The molecule has 0 aliphatic carbocycles. The molecule has 1 aromatic carbocycles. The molecule has 1 atom stereocenters. The van der Waals surface area contributed by atoms with Crippen LogP contribution in [0.1, 0.15) is 24.8 Å². The van der Waals surface area contributed by atoms with E-state index in [0.29, 0.717) is 6.54 Å². The molecule has 1 fully saturated rings. The average Bonchev–Trinajstić information content (AvgIpc) is 2.94. The van der Waals surface area contributed by atoms with Gasteiger partial charge in [0.2, 0.25) is 0 Å². The molecule has 0 spiro atoms. The van der Waals surface area contributed by atoms with E-state index < -0.39 is 11.6 Å². The maximum Gasteiger partial charge on any atom is 0.408 e. The number of halogens is 1. The highest BCUT2D eigenvalue weighted by atomic mass is 79.9. The third kappa shape index (κ3) is 1.94. The van der Waals surface area contributed by atoms with Crippen LogP contribution in [0.3, 0.4) is 0 Å². The minimum Gasteiger partial charge on any atom is -0.465 e. The van der Waals surface area contributed by atoms with Gasteiger partial charge in [0.05, 0.1) is 15.8 Å². The highest BCUT2D eigenvalue weighted by Crippen LogP contribution is 2.42. The van der Waals surface area contributed by atoms with Crippen molar-refractivity contribution in [2.45, 2.75) is 25.3 Å². The lowest BCUT2D eigenvalue weighted by Gasteiger charge is -2.30. The summed E-state index contributed by atoms with van der Waals surface area (Å²) in [6.45, 7) is 2.56. The normalized spacial score (nSPS) is 23.2. The van der Waals surface area contributed by atoms with Gasteiger partial charge in [-0.3, -0.25) is 4.90 Å². The van der Waals surface area contributed by atoms with Crippen LogP contribution in [0.25, 0.3) is 10.2 Å². The number of carboxylic acid groups (broad SMARTS) is 1. The molecule has 1 unspecified atom stereocenters. The van der Waals surface area contributed by atoms with Gasteiger partial charge in [0, 0.05) is 11.0 Å². The maximum atomic E-state index is 11.4. The summed E-state index contributed by atoms with van der Waals surface area (Å²) in [5.74, 6) is 0. The van der Waals surface area contributed by atoms with E-state index in [1.807, 2.05) is 25.1 Å². The number of hydrogen-bond acceptors (Lipinski definition) is 3. The van der Waals surface area contributed by atoms with Gasteiger partial charge in [-0.2, -0.15) is 0 Å². The van der Waals surface area contributed by atoms with Gasteiger partial charge >= 0.3 is 6.09 Å². The summed E-state index contributed by atoms with van der Waals surface area (Å²) in [4.78, 5) is 17.5. The van der Waals surface area contributed by atoms with E-state index in [9.17, 15) is 9.90 Å². The van der Waals surface area contributed by atoms with Crippen molar-refractivity contribution in [1.82, 2.24) is 9.88 Å². The molecular formula is C13H13BrN2O2S. The molecule has 2 aromatic rings. The largest absolute Gasteiger partial charge is 0.465 e. The summed E-state index contributed by atoms with van der Waals surface area (Å²) >= 11 is 5.08. The predicted octanol–water partition coefficient (Wildman–Crippen LogP) is 4.05. The van der Waals surface area contributed by atoms with Crippen molar-refractivity contribution in [3.63, 3.8) is 0 Å². The average molecular weight is 341 g/mol. The second-order valence-electron chi connectivity index (χ2n) is 4.92. The molecule has 6 heteroatoms. The summed E-state index contributed by atoms with van der Waals surface area (Å²) in [6.07, 6.45) is 0.856. The molecule has 0 saturated carbocycles. The lowest BCUT2D eigenvalue weighted by molar-refractivity contribution is 0.109. The van der Waals surface area contributed by atoms with E-state index in [2.05, 4.69) is 20.9 Å². The van der Waals surface area contributed by atoms with Crippen LogP contribution >= 0.6 is 27.3 Å². The Morgan fingerprint density at radius 1 is 1.58 bits per heavy atom. The Kier molecular flexibility index (Phi) is 3.02. The second-order valence-corrected chi connectivity index (χ2v) is 6.80. The summed E-state index contributed by atoms with van der Waals surface area (Å²) in [5, 5.41) is 10.2. The van der Waals surface area contributed by atoms with Gasteiger partial charge in [-0.1, -0.05) is 6.07 Å². The third-order valence-electron chi connectivity index (χ3n) is 3.70. The van der Waals surface area contributed by atoms with Gasteiger partial charge in [0.1, 0.15) is 5.01 Å². The number of amides is 1. The third-order valence-corrected chi connectivity index (χ3v) is 5.62. The Labute approximate surface area is 123 Å². The fourth-order valence-corrected chi connectivity index (χ4v) is 4.40. The number of rotatable bonds is 1. The number of benzene rings is 1. The molecule has 100 valence electrons. The van der Waals surface area contributed by atoms with E-state index in [1.165, 1.54) is 4.90 Å². The molecule has 0 radical (unpaired) electrons. The Hall–Kier alpha value is -1.14. The maximum absolute atomic E-state index is 11.4. The Bertz CT molecular complexity index is 657. The second kappa shape index (κ2) is 4.45. The van der Waals surface area contributed by atoms with Crippen molar-refractivity contribution in [3.05, 3.63) is 27.7 Å². The number of likely N-dealkylation sites (tertiary alicyclic amines) is 1. The first-order valence-electron chi connectivity index (χ1n) is 6.08. The van der Waals surface area contributed by atoms with Gasteiger partial charge in [0.15, 0.2) is 0 Å². The quantitative estimate of drug-likeness (QED) is 0.851. The lowest BCUT2D eigenvalue weighted by atomic mass is 10.0. The van der Waals surface area contributed by atoms with E-state index in [4.69, 9.17) is 0 Å². The zero-order valence-electron chi connectivity index (χ0n) is 10.4. The van der Waals surface area contributed by atoms with Gasteiger partial charge in [-0.05, 0) is 47.8 Å². The molecule has 1 aromatic heterocycles. The Balaban J connectivity index is 2.13. The zero-order valence-corrected chi connectivity index (χ0v) is 12.8. The fraction of sp³-hybridized carbons (Fsp3) is 0.385. The van der Waals surface area contributed by atoms with Crippen LogP contribution in [0.5, 0.6) is 0 Å². The van der Waals surface area contributed by atoms with E-state index in [1.54, 1.807) is 11.3 Å². The number of hydrogen-bond donors (Lipinski definition) is 1. The monoisotopic (exact) mass is 340 g/mol. The van der Waals surface area contributed by atoms with E-state index in [-0.39, 0.29) is 0 Å². The van der Waals surface area contributed by atoms with Crippen molar-refractivity contribution >= 4 is 43.6 Å². The van der Waals surface area contributed by atoms with Crippen LogP contribution < -0.4 is 0 Å². The number of nitrogens with zero attached hydrogens (tertiary/aromatic N) is 2. The molecule has 19 heavy (non-hydrogen) atoms. The molecule has 1 saturated heterocycles. The summed E-state index contributed by atoms with van der Waals surface area (Å²) in [5.41, 5.74) is 0.426. The van der Waals surface area contributed by atoms with E-state index in [0.717, 1.165) is 32.5 Å². The molecule has 1 N–H and O–H groups in total. The molecular weight excluding hydrogens is 328 g/mol. The topological polar surface area (TPSA) is 53.4 Å². The van der Waals surface area contributed by atoms with Crippen LogP contribution in [0.4, 0.5) is 4.79 Å². The molecule has 1 aliphatic rings. The molecule has 2 heterocycles. The van der Waals surface area contributed by atoms with Crippen molar-refractivity contribution in [1.29, 1.82) is 0 Å². The Morgan fingerprint density at radius 3 is 3.05 bits per heavy atom. The number of thiazole rings is 1. The molecule has 4 nitrogen and oxygen atoms in total. The van der Waals surface area contributed by atoms with Crippen LogP contribution in [0.2, 0.25) is 0 Å². The highest BCUT2D eigenvalue weighted by Gasteiger charge is 2.43. The van der Waals surface area contributed by atoms with Gasteiger partial charge in [-0.15, -0.1) is 11.3 Å². The molecule has 0 bridgehead atoms. The standard InChI is InChI=1S/C13H13BrN2O2S/c1-13(6-3-7-16(13)12(17)18)11-15-10-8(14)4-2-5-9(10)19-11/h2,4-5H,3,6-7H2,1H3,(H,17,18). The van der Waals surface area contributed by atoms with Gasteiger partial charge in [0.25, 0.3) is 0 Å². The summed E-state index contributed by atoms with van der Waals surface area (Å²) < 4.78 is 2.04. The van der Waals surface area contributed by atoms with Crippen LogP contribution in [-0.2, 0) is 5.54 Å².